The second-order valence-corrected chi connectivity index (χ2v) is 9.91. The van der Waals surface area contributed by atoms with Crippen LogP contribution < -0.4 is 15.5 Å². The molecule has 0 bridgehead atoms. The minimum Gasteiger partial charge on any atom is -0.465 e. The van der Waals surface area contributed by atoms with E-state index >= 15 is 0 Å². The molecule has 1 atom stereocenters. The summed E-state index contributed by atoms with van der Waals surface area (Å²) in [5, 5.41) is 6.10. The van der Waals surface area contributed by atoms with Gasteiger partial charge in [0.15, 0.2) is 0 Å². The zero-order valence-electron chi connectivity index (χ0n) is 22.5. The monoisotopic (exact) mass is 544 g/mol. The molecule has 4 aromatic carbocycles. The lowest BCUT2D eigenvalue weighted by Gasteiger charge is -2.18. The second-order valence-electron chi connectivity index (χ2n) is 9.91. The number of esters is 1. The van der Waals surface area contributed by atoms with Crippen molar-refractivity contribution in [2.24, 2.45) is 4.99 Å². The van der Waals surface area contributed by atoms with E-state index in [2.05, 4.69) is 10.6 Å². The molecule has 2 N–H and O–H groups in total. The third-order valence-electron chi connectivity index (χ3n) is 7.38. The number of benzene rings is 4. The first-order valence-corrected chi connectivity index (χ1v) is 13.4. The van der Waals surface area contributed by atoms with Crippen molar-refractivity contribution in [3.8, 4) is 0 Å². The van der Waals surface area contributed by atoms with E-state index in [9.17, 15) is 14.4 Å². The van der Waals surface area contributed by atoms with E-state index in [1.807, 2.05) is 78.9 Å². The van der Waals surface area contributed by atoms with Gasteiger partial charge in [0.1, 0.15) is 5.92 Å². The van der Waals surface area contributed by atoms with Gasteiger partial charge in [-0.2, -0.15) is 0 Å². The van der Waals surface area contributed by atoms with E-state index in [-0.39, 0.29) is 18.4 Å². The van der Waals surface area contributed by atoms with Crippen LogP contribution in [-0.2, 0) is 20.7 Å². The molecule has 204 valence electrons. The molecule has 2 aliphatic rings. The number of aliphatic imine (C=N–C) groups is 1. The van der Waals surface area contributed by atoms with Crippen LogP contribution in [0.4, 0.5) is 22.7 Å². The van der Waals surface area contributed by atoms with E-state index in [1.165, 1.54) is 7.11 Å². The third-order valence-corrected chi connectivity index (χ3v) is 7.38. The summed E-state index contributed by atoms with van der Waals surface area (Å²) in [6, 6.07) is 30.1. The quantitative estimate of drug-likeness (QED) is 0.242. The fourth-order valence-electron chi connectivity index (χ4n) is 5.37. The molecular formula is C33H28N4O4. The summed E-state index contributed by atoms with van der Waals surface area (Å²) < 4.78 is 4.83. The number of carbonyl (C=O) groups excluding carboxylic acids is 3. The van der Waals surface area contributed by atoms with Crippen LogP contribution in [0.1, 0.15) is 33.0 Å². The molecule has 0 aliphatic carbocycles. The van der Waals surface area contributed by atoms with Crippen LogP contribution in [0.5, 0.6) is 0 Å². The highest BCUT2D eigenvalue weighted by Crippen LogP contribution is 2.38. The largest absolute Gasteiger partial charge is 0.465 e. The Morgan fingerprint density at radius 3 is 2.46 bits per heavy atom. The van der Waals surface area contributed by atoms with Gasteiger partial charge in [-0.05, 0) is 65.6 Å². The highest BCUT2D eigenvalue weighted by Gasteiger charge is 2.36. The summed E-state index contributed by atoms with van der Waals surface area (Å²) in [5.74, 6) is -1.34. The van der Waals surface area contributed by atoms with Gasteiger partial charge >= 0.3 is 5.97 Å². The Balaban J connectivity index is 1.30. The predicted molar refractivity (Wildman–Crippen MR) is 159 cm³/mol. The third kappa shape index (κ3) is 5.19. The molecule has 6 rings (SSSR count). The van der Waals surface area contributed by atoms with E-state index in [1.54, 1.807) is 23.1 Å². The molecule has 8 heteroatoms. The zero-order valence-corrected chi connectivity index (χ0v) is 22.5. The Morgan fingerprint density at radius 1 is 0.951 bits per heavy atom. The average molecular weight is 545 g/mol. The van der Waals surface area contributed by atoms with Gasteiger partial charge < -0.3 is 20.3 Å². The summed E-state index contributed by atoms with van der Waals surface area (Å²) in [5.41, 5.74) is 6.61. The number of hydrogen-bond acceptors (Lipinski definition) is 6. The van der Waals surface area contributed by atoms with Gasteiger partial charge in [0, 0.05) is 23.6 Å². The number of nitrogens with one attached hydrogen (secondary N) is 2. The molecule has 0 saturated heterocycles. The predicted octanol–water partition coefficient (Wildman–Crippen LogP) is 5.33. The van der Waals surface area contributed by atoms with Gasteiger partial charge in [-0.3, -0.25) is 14.6 Å². The van der Waals surface area contributed by atoms with Crippen LogP contribution in [0, 0.1) is 0 Å². The van der Waals surface area contributed by atoms with Crippen molar-refractivity contribution in [2.45, 2.75) is 12.3 Å². The van der Waals surface area contributed by atoms with Crippen LogP contribution in [0.2, 0.25) is 0 Å². The average Bonchev–Trinajstić information content (AvgIpc) is 3.58. The van der Waals surface area contributed by atoms with Crippen molar-refractivity contribution >= 4 is 46.2 Å². The summed E-state index contributed by atoms with van der Waals surface area (Å²) in [7, 11) is 1.32. The van der Waals surface area contributed by atoms with Crippen molar-refractivity contribution < 1.29 is 19.1 Å². The first kappa shape index (κ1) is 26.0. The number of fused-ring (bicyclic) bond motifs is 2. The van der Waals surface area contributed by atoms with Crippen LogP contribution in [-0.4, -0.2) is 43.7 Å². The van der Waals surface area contributed by atoms with Crippen molar-refractivity contribution in [1.29, 1.82) is 0 Å². The maximum Gasteiger partial charge on any atom is 0.337 e. The molecule has 2 heterocycles. The molecule has 41 heavy (non-hydrogen) atoms. The Hall–Kier alpha value is -5.24. The fourth-order valence-corrected chi connectivity index (χ4v) is 5.37. The molecule has 0 aromatic heterocycles. The molecule has 8 nitrogen and oxygen atoms in total. The van der Waals surface area contributed by atoms with Crippen molar-refractivity contribution in [3.63, 3.8) is 0 Å². The normalized spacial score (nSPS) is 15.6. The lowest BCUT2D eigenvalue weighted by atomic mass is 9.90. The number of nitrogens with zero attached hydrogens (tertiary/aromatic N) is 2. The van der Waals surface area contributed by atoms with Gasteiger partial charge in [-0.15, -0.1) is 0 Å². The van der Waals surface area contributed by atoms with Gasteiger partial charge in [0.05, 0.1) is 30.6 Å². The van der Waals surface area contributed by atoms with Crippen molar-refractivity contribution in [3.05, 3.63) is 119 Å². The summed E-state index contributed by atoms with van der Waals surface area (Å²) in [4.78, 5) is 45.2. The molecule has 0 saturated carbocycles. The van der Waals surface area contributed by atoms with E-state index in [0.717, 1.165) is 34.5 Å². The molecule has 2 amide bonds. The van der Waals surface area contributed by atoms with E-state index < -0.39 is 11.9 Å². The Kier molecular flexibility index (Phi) is 7.04. The molecule has 1 unspecified atom stereocenters. The topological polar surface area (TPSA) is 100 Å². The minimum absolute atomic E-state index is 0.000568. The summed E-state index contributed by atoms with van der Waals surface area (Å²) >= 11 is 0. The van der Waals surface area contributed by atoms with Crippen molar-refractivity contribution in [2.75, 3.05) is 35.7 Å². The Morgan fingerprint density at radius 2 is 1.71 bits per heavy atom. The molecule has 4 aromatic rings. The van der Waals surface area contributed by atoms with Gasteiger partial charge in [0.25, 0.3) is 0 Å². The number of carbonyl (C=O) groups is 3. The lowest BCUT2D eigenvalue weighted by molar-refractivity contribution is -0.117. The summed E-state index contributed by atoms with van der Waals surface area (Å²) in [6.07, 6.45) is 0.722. The van der Waals surface area contributed by atoms with Crippen LogP contribution >= 0.6 is 0 Å². The molecule has 0 radical (unpaired) electrons. The van der Waals surface area contributed by atoms with E-state index in [0.29, 0.717) is 29.2 Å². The number of hydrogen-bond donors (Lipinski definition) is 2. The first-order valence-electron chi connectivity index (χ1n) is 13.4. The fraction of sp³-hybridized carbons (Fsp3) is 0.152. The summed E-state index contributed by atoms with van der Waals surface area (Å²) in [6.45, 7) is 0.805. The number of amides is 2. The number of anilines is 3. The van der Waals surface area contributed by atoms with Crippen LogP contribution in [0.3, 0.4) is 0 Å². The van der Waals surface area contributed by atoms with Gasteiger partial charge in [-0.1, -0.05) is 54.6 Å². The number of ether oxygens (including phenoxy) is 1. The number of rotatable bonds is 7. The number of methoxy groups -OCH3 is 1. The van der Waals surface area contributed by atoms with Crippen molar-refractivity contribution in [1.82, 2.24) is 0 Å². The maximum absolute atomic E-state index is 13.3. The van der Waals surface area contributed by atoms with Gasteiger partial charge in [-0.25, -0.2) is 4.79 Å². The molecule has 0 spiro atoms. The standard InChI is InChI=1S/C33H28N4O4/c1-41-33(40)23-12-14-26-27(19-23)36-32(39)30(26)31(21-8-4-2-5-9-21)35-25-13-15-28-22(18-25)16-17-37(28)29(38)20-34-24-10-6-3-7-11-24/h2-15,18-19,30,34H,16-17,20H2,1H3,(H,36,39). The van der Waals surface area contributed by atoms with Crippen LogP contribution in [0.25, 0.3) is 0 Å². The number of para-hydroxylation sites is 1. The first-order chi connectivity index (χ1) is 20.0. The Bertz CT molecular complexity index is 1670. The zero-order chi connectivity index (χ0) is 28.3. The molecular weight excluding hydrogens is 516 g/mol. The maximum atomic E-state index is 13.3. The SMILES string of the molecule is COC(=O)c1ccc2c(c1)NC(=O)C2C(=Nc1ccc2c(c1)CCN2C(=O)CNc1ccccc1)c1ccccc1. The second kappa shape index (κ2) is 11.1. The minimum atomic E-state index is -0.658. The van der Waals surface area contributed by atoms with Crippen LogP contribution in [0.15, 0.2) is 102 Å². The highest BCUT2D eigenvalue weighted by molar-refractivity contribution is 6.24. The van der Waals surface area contributed by atoms with E-state index in [4.69, 9.17) is 9.73 Å². The highest BCUT2D eigenvalue weighted by atomic mass is 16.5. The van der Waals surface area contributed by atoms with Gasteiger partial charge in [0.2, 0.25) is 11.8 Å². The molecule has 2 aliphatic heterocycles. The Labute approximate surface area is 237 Å². The smallest absolute Gasteiger partial charge is 0.337 e. The lowest BCUT2D eigenvalue weighted by Crippen LogP contribution is -2.34. The molecule has 0 fully saturated rings.